The van der Waals surface area contributed by atoms with Gasteiger partial charge in [0.1, 0.15) is 0 Å². The van der Waals surface area contributed by atoms with Gasteiger partial charge in [0.15, 0.2) is 0 Å². The van der Waals surface area contributed by atoms with Crippen molar-refractivity contribution in [2.75, 3.05) is 20.3 Å². The lowest BCUT2D eigenvalue weighted by Crippen LogP contribution is -2.26. The fraction of sp³-hybridized carbons (Fsp3) is 0.429. The summed E-state index contributed by atoms with van der Waals surface area (Å²) in [4.78, 5) is 16.0. The van der Waals surface area contributed by atoms with E-state index in [9.17, 15) is 4.79 Å². The van der Waals surface area contributed by atoms with Crippen molar-refractivity contribution in [1.29, 1.82) is 0 Å². The molecule has 1 aromatic carbocycles. The first kappa shape index (κ1) is 14.0. The first-order valence-corrected chi connectivity index (χ1v) is 7.21. The van der Waals surface area contributed by atoms with E-state index >= 15 is 0 Å². The molecule has 0 aliphatic rings. The van der Waals surface area contributed by atoms with Gasteiger partial charge in [0, 0.05) is 20.1 Å². The van der Waals surface area contributed by atoms with Gasteiger partial charge in [-0.15, -0.1) is 11.3 Å². The highest BCUT2D eigenvalue weighted by Crippen LogP contribution is 2.22. The summed E-state index contributed by atoms with van der Waals surface area (Å²) in [5.74, 6) is 0.0816. The molecule has 0 radical (unpaired) electrons. The van der Waals surface area contributed by atoms with Gasteiger partial charge in [0.05, 0.1) is 21.8 Å². The second-order valence-corrected chi connectivity index (χ2v) is 5.39. The van der Waals surface area contributed by atoms with E-state index in [0.717, 1.165) is 23.4 Å². The number of para-hydroxylation sites is 1. The Balaban J connectivity index is 1.74. The zero-order valence-corrected chi connectivity index (χ0v) is 11.8. The van der Waals surface area contributed by atoms with Crippen LogP contribution >= 0.6 is 11.3 Å². The van der Waals surface area contributed by atoms with E-state index in [1.807, 2.05) is 18.2 Å². The van der Waals surface area contributed by atoms with Crippen molar-refractivity contribution in [2.45, 2.75) is 19.3 Å². The van der Waals surface area contributed by atoms with E-state index in [1.165, 1.54) is 4.70 Å². The third kappa shape index (κ3) is 4.29. The Morgan fingerprint density at radius 3 is 3.05 bits per heavy atom. The zero-order valence-electron chi connectivity index (χ0n) is 11.0. The van der Waals surface area contributed by atoms with Crippen LogP contribution < -0.4 is 5.32 Å². The number of thiazole rings is 1. The Morgan fingerprint density at radius 1 is 1.42 bits per heavy atom. The third-order valence-corrected chi connectivity index (χ3v) is 3.86. The molecule has 19 heavy (non-hydrogen) atoms. The fourth-order valence-corrected chi connectivity index (χ4v) is 2.82. The topological polar surface area (TPSA) is 51.2 Å². The van der Waals surface area contributed by atoms with Gasteiger partial charge in [-0.1, -0.05) is 12.1 Å². The number of methoxy groups -OCH3 is 1. The largest absolute Gasteiger partial charge is 0.383 e. The van der Waals surface area contributed by atoms with Crippen LogP contribution in [-0.4, -0.2) is 31.2 Å². The number of carbonyl (C=O) groups excluding carboxylic acids is 1. The van der Waals surface area contributed by atoms with Gasteiger partial charge in [0.2, 0.25) is 5.91 Å². The first-order valence-electron chi connectivity index (χ1n) is 6.39. The van der Waals surface area contributed by atoms with Crippen molar-refractivity contribution in [3.8, 4) is 0 Å². The third-order valence-electron chi connectivity index (χ3n) is 2.76. The summed E-state index contributed by atoms with van der Waals surface area (Å²) in [5, 5.41) is 3.92. The van der Waals surface area contributed by atoms with Crippen LogP contribution in [0, 0.1) is 0 Å². The summed E-state index contributed by atoms with van der Waals surface area (Å²) < 4.78 is 6.09. The van der Waals surface area contributed by atoms with E-state index in [0.29, 0.717) is 19.6 Å². The minimum atomic E-state index is 0.0816. The Labute approximate surface area is 116 Å². The minimum Gasteiger partial charge on any atom is -0.383 e. The fourth-order valence-electron chi connectivity index (χ4n) is 1.81. The van der Waals surface area contributed by atoms with Gasteiger partial charge in [-0.05, 0) is 25.0 Å². The number of benzene rings is 1. The van der Waals surface area contributed by atoms with Gasteiger partial charge in [0.25, 0.3) is 0 Å². The average molecular weight is 278 g/mol. The second-order valence-electron chi connectivity index (χ2n) is 4.27. The molecule has 2 rings (SSSR count). The van der Waals surface area contributed by atoms with Crippen molar-refractivity contribution in [2.24, 2.45) is 0 Å². The summed E-state index contributed by atoms with van der Waals surface area (Å²) in [6.07, 6.45) is 2.23. The Hall–Kier alpha value is -1.46. The number of aryl methyl sites for hydroxylation is 1. The highest BCUT2D eigenvalue weighted by Gasteiger charge is 2.05. The molecule has 0 aliphatic heterocycles. The molecule has 5 heteroatoms. The van der Waals surface area contributed by atoms with Crippen LogP contribution in [0.15, 0.2) is 24.3 Å². The molecule has 0 aliphatic carbocycles. The lowest BCUT2D eigenvalue weighted by atomic mass is 10.2. The molecule has 1 aromatic heterocycles. The van der Waals surface area contributed by atoms with E-state index in [2.05, 4.69) is 16.4 Å². The molecule has 1 heterocycles. The molecule has 0 bridgehead atoms. The highest BCUT2D eigenvalue weighted by molar-refractivity contribution is 7.18. The molecule has 0 saturated carbocycles. The second kappa shape index (κ2) is 7.21. The number of aromatic nitrogens is 1. The number of carbonyl (C=O) groups is 1. The van der Waals surface area contributed by atoms with Gasteiger partial charge in [-0.2, -0.15) is 0 Å². The molecule has 1 amide bonds. The minimum absolute atomic E-state index is 0.0816. The van der Waals surface area contributed by atoms with Crippen molar-refractivity contribution in [3.05, 3.63) is 29.3 Å². The monoisotopic (exact) mass is 278 g/mol. The van der Waals surface area contributed by atoms with Crippen molar-refractivity contribution >= 4 is 27.5 Å². The van der Waals surface area contributed by atoms with Gasteiger partial charge in [-0.25, -0.2) is 4.98 Å². The SMILES string of the molecule is COCCNC(=O)CCCc1nc2ccccc2s1. The van der Waals surface area contributed by atoms with Crippen LogP contribution in [0.4, 0.5) is 0 Å². The number of amides is 1. The van der Waals surface area contributed by atoms with Crippen LogP contribution in [0.5, 0.6) is 0 Å². The van der Waals surface area contributed by atoms with Crippen LogP contribution in [-0.2, 0) is 16.0 Å². The number of nitrogens with zero attached hydrogens (tertiary/aromatic N) is 1. The Bertz CT molecular complexity index is 506. The highest BCUT2D eigenvalue weighted by atomic mass is 32.1. The van der Waals surface area contributed by atoms with Gasteiger partial charge >= 0.3 is 0 Å². The quantitative estimate of drug-likeness (QED) is 0.791. The number of rotatable bonds is 7. The molecule has 0 saturated heterocycles. The molecule has 0 fully saturated rings. The zero-order chi connectivity index (χ0) is 13.5. The van der Waals surface area contributed by atoms with Crippen LogP contribution in [0.1, 0.15) is 17.8 Å². The summed E-state index contributed by atoms with van der Waals surface area (Å²) in [6, 6.07) is 8.11. The Kier molecular flexibility index (Phi) is 5.30. The van der Waals surface area contributed by atoms with Gasteiger partial charge < -0.3 is 10.1 Å². The smallest absolute Gasteiger partial charge is 0.220 e. The lowest BCUT2D eigenvalue weighted by Gasteiger charge is -2.03. The molecular formula is C14H18N2O2S. The first-order chi connectivity index (χ1) is 9.29. The van der Waals surface area contributed by atoms with Crippen LogP contribution in [0.2, 0.25) is 0 Å². The number of hydrogen-bond donors (Lipinski definition) is 1. The van der Waals surface area contributed by atoms with Crippen LogP contribution in [0.3, 0.4) is 0 Å². The molecule has 4 nitrogen and oxygen atoms in total. The summed E-state index contributed by atoms with van der Waals surface area (Å²) >= 11 is 1.71. The van der Waals surface area contributed by atoms with E-state index in [4.69, 9.17) is 4.74 Å². The molecule has 1 N–H and O–H groups in total. The van der Waals surface area contributed by atoms with E-state index < -0.39 is 0 Å². The number of nitrogens with one attached hydrogen (secondary N) is 1. The van der Waals surface area contributed by atoms with Crippen molar-refractivity contribution < 1.29 is 9.53 Å². The maximum absolute atomic E-state index is 11.5. The predicted molar refractivity (Wildman–Crippen MR) is 77.4 cm³/mol. The maximum atomic E-state index is 11.5. The standard InChI is InChI=1S/C14H18N2O2S/c1-18-10-9-15-13(17)7-4-8-14-16-11-5-2-3-6-12(11)19-14/h2-3,5-6H,4,7-10H2,1H3,(H,15,17). The number of fused-ring (bicyclic) bond motifs is 1. The van der Waals surface area contributed by atoms with Gasteiger partial charge in [-0.3, -0.25) is 4.79 Å². The van der Waals surface area contributed by atoms with E-state index in [1.54, 1.807) is 18.4 Å². The molecular weight excluding hydrogens is 260 g/mol. The molecule has 2 aromatic rings. The lowest BCUT2D eigenvalue weighted by molar-refractivity contribution is -0.121. The summed E-state index contributed by atoms with van der Waals surface area (Å²) in [6.45, 7) is 1.14. The Morgan fingerprint density at radius 2 is 2.26 bits per heavy atom. The summed E-state index contributed by atoms with van der Waals surface area (Å²) in [5.41, 5.74) is 1.05. The molecule has 0 unspecified atom stereocenters. The number of hydrogen-bond acceptors (Lipinski definition) is 4. The molecule has 0 spiro atoms. The van der Waals surface area contributed by atoms with Crippen molar-refractivity contribution in [3.63, 3.8) is 0 Å². The normalized spacial score (nSPS) is 10.8. The van der Waals surface area contributed by atoms with Crippen molar-refractivity contribution in [1.82, 2.24) is 10.3 Å². The van der Waals surface area contributed by atoms with Crippen LogP contribution in [0.25, 0.3) is 10.2 Å². The molecule has 102 valence electrons. The number of ether oxygens (including phenoxy) is 1. The average Bonchev–Trinajstić information content (AvgIpc) is 2.81. The maximum Gasteiger partial charge on any atom is 0.220 e. The predicted octanol–water partition coefficient (Wildman–Crippen LogP) is 2.38. The molecule has 0 atom stereocenters. The van der Waals surface area contributed by atoms with E-state index in [-0.39, 0.29) is 5.91 Å². The summed E-state index contributed by atoms with van der Waals surface area (Å²) in [7, 11) is 1.62.